The Kier molecular flexibility index (Phi) is 7.93. The van der Waals surface area contributed by atoms with Crippen LogP contribution in [0.3, 0.4) is 0 Å². The van der Waals surface area contributed by atoms with E-state index >= 15 is 0 Å². The number of hydrogen-bond acceptors (Lipinski definition) is 11. The number of carboxylic acid groups (broad SMARTS) is 1. The van der Waals surface area contributed by atoms with Crippen LogP contribution in [0.4, 0.5) is 0 Å². The SMILES string of the molecule is O=C(O)C1OC(OC2C(O)C(CO)OC(OCc3ccccc3)C2O)C(O)C(O)C1O. The van der Waals surface area contributed by atoms with E-state index in [9.17, 15) is 35.4 Å². The van der Waals surface area contributed by atoms with Gasteiger partial charge in [0.1, 0.15) is 42.7 Å². The first kappa shape index (κ1) is 23.9. The van der Waals surface area contributed by atoms with Gasteiger partial charge in [0.25, 0.3) is 0 Å². The van der Waals surface area contributed by atoms with Crippen LogP contribution < -0.4 is 0 Å². The van der Waals surface area contributed by atoms with Crippen LogP contribution in [0.15, 0.2) is 30.3 Å². The topological polar surface area (TPSA) is 196 Å². The van der Waals surface area contributed by atoms with Crippen LogP contribution in [0, 0.1) is 0 Å². The summed E-state index contributed by atoms with van der Waals surface area (Å²) in [6.07, 6.45) is -16.9. The Labute approximate surface area is 176 Å². The van der Waals surface area contributed by atoms with Gasteiger partial charge in [-0.1, -0.05) is 30.3 Å². The van der Waals surface area contributed by atoms with E-state index in [0.29, 0.717) is 0 Å². The zero-order valence-corrected chi connectivity index (χ0v) is 16.2. The number of carbonyl (C=O) groups is 1. The summed E-state index contributed by atoms with van der Waals surface area (Å²) in [5.74, 6) is -1.61. The quantitative estimate of drug-likeness (QED) is 0.223. The molecule has 12 heteroatoms. The monoisotopic (exact) mass is 446 g/mol. The van der Waals surface area contributed by atoms with Gasteiger partial charge in [0.2, 0.25) is 0 Å². The molecule has 31 heavy (non-hydrogen) atoms. The summed E-state index contributed by atoms with van der Waals surface area (Å²) < 4.78 is 21.4. The van der Waals surface area contributed by atoms with Crippen molar-refractivity contribution in [1.29, 1.82) is 0 Å². The summed E-state index contributed by atoms with van der Waals surface area (Å²) in [6.45, 7) is -0.635. The highest BCUT2D eigenvalue weighted by Gasteiger charge is 2.52. The van der Waals surface area contributed by atoms with Crippen molar-refractivity contribution < 1.29 is 59.5 Å². The molecule has 0 amide bonds. The van der Waals surface area contributed by atoms with E-state index in [0.717, 1.165) is 5.56 Å². The molecular formula is C19H26O12. The Bertz CT molecular complexity index is 717. The molecule has 2 heterocycles. The van der Waals surface area contributed by atoms with E-state index in [1.54, 1.807) is 24.3 Å². The van der Waals surface area contributed by atoms with Gasteiger partial charge < -0.3 is 54.7 Å². The zero-order valence-electron chi connectivity index (χ0n) is 16.2. The summed E-state index contributed by atoms with van der Waals surface area (Å²) in [6, 6.07) is 8.91. The molecule has 2 aliphatic rings. The lowest BCUT2D eigenvalue weighted by atomic mass is 9.97. The lowest BCUT2D eigenvalue weighted by Crippen LogP contribution is -2.65. The fourth-order valence-electron chi connectivity index (χ4n) is 3.42. The second-order valence-electron chi connectivity index (χ2n) is 7.34. The molecule has 0 saturated carbocycles. The standard InChI is InChI=1S/C19H26O12/c20-6-9-10(21)15(14(25)18(29-9)28-7-8-4-2-1-3-5-8)30-19-13(24)11(22)12(23)16(31-19)17(26)27/h1-5,9-16,18-25H,6-7H2,(H,26,27). The van der Waals surface area contributed by atoms with Gasteiger partial charge in [-0.25, -0.2) is 4.79 Å². The average molecular weight is 446 g/mol. The van der Waals surface area contributed by atoms with Crippen molar-refractivity contribution in [2.45, 2.75) is 68.0 Å². The molecule has 0 radical (unpaired) electrons. The first-order valence-corrected chi connectivity index (χ1v) is 9.60. The third-order valence-corrected chi connectivity index (χ3v) is 5.18. The number of aliphatic carboxylic acids is 1. The van der Waals surface area contributed by atoms with Crippen LogP contribution in [-0.4, -0.2) is 110 Å². The number of aliphatic hydroxyl groups excluding tert-OH is 6. The van der Waals surface area contributed by atoms with E-state index in [4.69, 9.17) is 24.1 Å². The molecule has 2 fully saturated rings. The van der Waals surface area contributed by atoms with Crippen LogP contribution in [-0.2, 0) is 30.3 Å². The van der Waals surface area contributed by atoms with Crippen LogP contribution in [0.2, 0.25) is 0 Å². The minimum absolute atomic E-state index is 0.0259. The largest absolute Gasteiger partial charge is 0.479 e. The van der Waals surface area contributed by atoms with E-state index in [1.807, 2.05) is 6.07 Å². The summed E-state index contributed by atoms with van der Waals surface area (Å²) in [4.78, 5) is 11.2. The Morgan fingerprint density at radius 2 is 1.55 bits per heavy atom. The van der Waals surface area contributed by atoms with Crippen LogP contribution in [0.1, 0.15) is 5.56 Å². The van der Waals surface area contributed by atoms with Gasteiger partial charge in [-0.15, -0.1) is 0 Å². The normalized spacial score (nSPS) is 41.1. The number of carboxylic acids is 1. The minimum atomic E-state index is -1.93. The Hall–Kier alpha value is -1.71. The molecule has 0 spiro atoms. The fourth-order valence-corrected chi connectivity index (χ4v) is 3.42. The first-order valence-electron chi connectivity index (χ1n) is 9.60. The van der Waals surface area contributed by atoms with Crippen molar-refractivity contribution in [3.8, 4) is 0 Å². The van der Waals surface area contributed by atoms with Crippen LogP contribution >= 0.6 is 0 Å². The van der Waals surface area contributed by atoms with Gasteiger partial charge in [-0.05, 0) is 5.56 Å². The summed E-state index contributed by atoms with van der Waals surface area (Å²) in [7, 11) is 0. The molecule has 7 N–H and O–H groups in total. The highest BCUT2D eigenvalue weighted by atomic mass is 16.7. The Balaban J connectivity index is 1.73. The second-order valence-corrected chi connectivity index (χ2v) is 7.34. The third kappa shape index (κ3) is 5.21. The zero-order chi connectivity index (χ0) is 22.7. The molecule has 2 saturated heterocycles. The molecule has 1 aromatic carbocycles. The Morgan fingerprint density at radius 3 is 2.16 bits per heavy atom. The molecule has 0 aliphatic carbocycles. The maximum atomic E-state index is 11.2. The third-order valence-electron chi connectivity index (χ3n) is 5.18. The predicted octanol–water partition coefficient (Wildman–Crippen LogP) is -3.08. The Morgan fingerprint density at radius 1 is 0.871 bits per heavy atom. The lowest BCUT2D eigenvalue weighted by molar-refractivity contribution is -0.357. The number of rotatable bonds is 7. The van der Waals surface area contributed by atoms with Gasteiger partial charge in [0.15, 0.2) is 18.7 Å². The smallest absolute Gasteiger partial charge is 0.335 e. The van der Waals surface area contributed by atoms with Gasteiger partial charge >= 0.3 is 5.97 Å². The predicted molar refractivity (Wildman–Crippen MR) is 98.2 cm³/mol. The van der Waals surface area contributed by atoms with Crippen molar-refractivity contribution >= 4 is 5.97 Å². The van der Waals surface area contributed by atoms with Gasteiger partial charge in [0.05, 0.1) is 13.2 Å². The number of benzene rings is 1. The summed E-state index contributed by atoms with van der Waals surface area (Å²) in [5.41, 5.74) is 0.759. The number of hydrogen-bond donors (Lipinski definition) is 7. The fraction of sp³-hybridized carbons (Fsp3) is 0.632. The van der Waals surface area contributed by atoms with Gasteiger partial charge in [-0.3, -0.25) is 0 Å². The maximum absolute atomic E-state index is 11.2. The van der Waals surface area contributed by atoms with E-state index in [1.165, 1.54) is 0 Å². The molecule has 10 atom stereocenters. The van der Waals surface area contributed by atoms with Crippen molar-refractivity contribution in [3.05, 3.63) is 35.9 Å². The lowest BCUT2D eigenvalue weighted by Gasteiger charge is -2.45. The van der Waals surface area contributed by atoms with Crippen LogP contribution in [0.25, 0.3) is 0 Å². The van der Waals surface area contributed by atoms with Gasteiger partial charge in [-0.2, -0.15) is 0 Å². The molecule has 174 valence electrons. The highest BCUT2D eigenvalue weighted by Crippen LogP contribution is 2.30. The highest BCUT2D eigenvalue weighted by molar-refractivity contribution is 5.73. The van der Waals surface area contributed by atoms with E-state index in [-0.39, 0.29) is 6.61 Å². The minimum Gasteiger partial charge on any atom is -0.479 e. The molecule has 10 unspecified atom stereocenters. The van der Waals surface area contributed by atoms with Crippen molar-refractivity contribution in [2.24, 2.45) is 0 Å². The van der Waals surface area contributed by atoms with Gasteiger partial charge in [0, 0.05) is 0 Å². The molecule has 2 aliphatic heterocycles. The molecule has 3 rings (SSSR count). The molecular weight excluding hydrogens is 420 g/mol. The van der Waals surface area contributed by atoms with E-state index in [2.05, 4.69) is 0 Å². The summed E-state index contributed by atoms with van der Waals surface area (Å²) in [5, 5.41) is 69.5. The molecule has 12 nitrogen and oxygen atoms in total. The average Bonchev–Trinajstić information content (AvgIpc) is 2.76. The molecule has 0 bridgehead atoms. The number of ether oxygens (including phenoxy) is 4. The number of aliphatic hydroxyl groups is 6. The van der Waals surface area contributed by atoms with Crippen LogP contribution in [0.5, 0.6) is 0 Å². The molecule has 0 aromatic heterocycles. The molecule has 1 aromatic rings. The first-order chi connectivity index (χ1) is 14.7. The van der Waals surface area contributed by atoms with E-state index < -0.39 is 74.0 Å². The van der Waals surface area contributed by atoms with Crippen molar-refractivity contribution in [3.63, 3.8) is 0 Å². The maximum Gasteiger partial charge on any atom is 0.335 e. The van der Waals surface area contributed by atoms with Crippen molar-refractivity contribution in [2.75, 3.05) is 6.61 Å². The van der Waals surface area contributed by atoms with Crippen molar-refractivity contribution in [1.82, 2.24) is 0 Å². The summed E-state index contributed by atoms with van der Waals surface area (Å²) >= 11 is 0. The second kappa shape index (κ2) is 10.3.